The molecule has 1 aliphatic rings. The molecule has 1 unspecified atom stereocenters. The number of aromatic nitrogens is 1. The Kier molecular flexibility index (Phi) is 4.07. The van der Waals surface area contributed by atoms with E-state index in [0.717, 1.165) is 25.0 Å². The highest BCUT2D eigenvalue weighted by molar-refractivity contribution is 7.15. The molecule has 1 amide bonds. The van der Waals surface area contributed by atoms with Gasteiger partial charge in [0.1, 0.15) is 5.75 Å². The predicted octanol–water partition coefficient (Wildman–Crippen LogP) is 2.91. The smallest absolute Gasteiger partial charge is 0.266 e. The number of anilines is 1. The number of hydrogen-bond acceptors (Lipinski definition) is 5. The number of carbonyl (C=O) groups excluding carboxylic acids is 1. The van der Waals surface area contributed by atoms with Crippen LogP contribution in [0.25, 0.3) is 0 Å². The van der Waals surface area contributed by atoms with Gasteiger partial charge in [0.05, 0.1) is 17.3 Å². The highest BCUT2D eigenvalue weighted by atomic mass is 32.1. The van der Waals surface area contributed by atoms with Crippen molar-refractivity contribution in [2.45, 2.75) is 32.3 Å². The second-order valence-electron chi connectivity index (χ2n) is 5.13. The molecule has 0 bridgehead atoms. The number of fused-ring (bicyclic) bond motifs is 1. The first-order valence-corrected chi connectivity index (χ1v) is 7.93. The van der Waals surface area contributed by atoms with Crippen LogP contribution in [0.4, 0.5) is 5.13 Å². The average molecular weight is 313 g/mol. The molecule has 0 saturated heterocycles. The number of carbonyl (C=O) groups is 1. The zero-order chi connectivity index (χ0) is 15.5. The maximum atomic E-state index is 12.1. The van der Waals surface area contributed by atoms with Gasteiger partial charge in [-0.3, -0.25) is 10.1 Å². The first-order valence-electron chi connectivity index (χ1n) is 7.12. The molecule has 112 valence electrons. The molecule has 0 saturated carbocycles. The summed E-state index contributed by atoms with van der Waals surface area (Å²) in [6, 6.07) is 8.72. The van der Waals surface area contributed by atoms with Gasteiger partial charge in [-0.25, -0.2) is 4.98 Å². The SMILES string of the molecule is CC(Oc1ccc(C#N)cc1)C(=O)Nc1nc2c(s1)CCC2. The molecule has 6 heteroatoms. The van der Waals surface area contributed by atoms with Crippen molar-refractivity contribution < 1.29 is 9.53 Å². The lowest BCUT2D eigenvalue weighted by Crippen LogP contribution is -2.30. The van der Waals surface area contributed by atoms with Crippen LogP contribution in [0.3, 0.4) is 0 Å². The van der Waals surface area contributed by atoms with Crippen molar-refractivity contribution in [2.24, 2.45) is 0 Å². The maximum absolute atomic E-state index is 12.1. The van der Waals surface area contributed by atoms with Crippen LogP contribution in [0.2, 0.25) is 0 Å². The summed E-state index contributed by atoms with van der Waals surface area (Å²) in [6.45, 7) is 1.69. The van der Waals surface area contributed by atoms with E-state index in [-0.39, 0.29) is 5.91 Å². The number of nitrogens with zero attached hydrogens (tertiary/aromatic N) is 2. The normalized spacial score (nSPS) is 14.0. The van der Waals surface area contributed by atoms with Gasteiger partial charge in [0.2, 0.25) is 0 Å². The molecule has 1 aromatic heterocycles. The molecule has 0 radical (unpaired) electrons. The fourth-order valence-electron chi connectivity index (χ4n) is 2.32. The van der Waals surface area contributed by atoms with Crippen LogP contribution in [-0.2, 0) is 17.6 Å². The van der Waals surface area contributed by atoms with Gasteiger partial charge in [0.25, 0.3) is 5.91 Å². The fraction of sp³-hybridized carbons (Fsp3) is 0.312. The summed E-state index contributed by atoms with van der Waals surface area (Å²) < 4.78 is 5.58. The molecule has 0 fully saturated rings. The third-order valence-electron chi connectivity index (χ3n) is 3.49. The topological polar surface area (TPSA) is 75.0 Å². The summed E-state index contributed by atoms with van der Waals surface area (Å²) in [5, 5.41) is 12.2. The van der Waals surface area contributed by atoms with E-state index < -0.39 is 6.10 Å². The zero-order valence-electron chi connectivity index (χ0n) is 12.1. The Hall–Kier alpha value is -2.39. The molecular weight excluding hydrogens is 298 g/mol. The molecule has 1 heterocycles. The number of amides is 1. The molecule has 5 nitrogen and oxygen atoms in total. The first-order chi connectivity index (χ1) is 10.7. The number of benzene rings is 1. The van der Waals surface area contributed by atoms with Gasteiger partial charge in [-0.15, -0.1) is 11.3 Å². The van der Waals surface area contributed by atoms with Gasteiger partial charge in [-0.1, -0.05) is 0 Å². The number of aryl methyl sites for hydroxylation is 2. The number of rotatable bonds is 4. The summed E-state index contributed by atoms with van der Waals surface area (Å²) in [5.41, 5.74) is 1.67. The largest absolute Gasteiger partial charge is 0.481 e. The van der Waals surface area contributed by atoms with Crippen LogP contribution in [-0.4, -0.2) is 17.0 Å². The molecule has 1 aliphatic carbocycles. The third-order valence-corrected chi connectivity index (χ3v) is 4.56. The fourth-order valence-corrected chi connectivity index (χ4v) is 3.37. The minimum absolute atomic E-state index is 0.225. The minimum Gasteiger partial charge on any atom is -0.481 e. The van der Waals surface area contributed by atoms with E-state index in [4.69, 9.17) is 10.00 Å². The van der Waals surface area contributed by atoms with Crippen LogP contribution in [0.5, 0.6) is 5.75 Å². The number of nitrogens with one attached hydrogen (secondary N) is 1. The van der Waals surface area contributed by atoms with E-state index in [1.165, 1.54) is 4.88 Å². The van der Waals surface area contributed by atoms with Gasteiger partial charge in [-0.2, -0.15) is 5.26 Å². The lowest BCUT2D eigenvalue weighted by Gasteiger charge is -2.13. The van der Waals surface area contributed by atoms with E-state index in [9.17, 15) is 4.79 Å². The molecule has 1 aromatic carbocycles. The zero-order valence-corrected chi connectivity index (χ0v) is 12.9. The third kappa shape index (κ3) is 3.10. The molecule has 22 heavy (non-hydrogen) atoms. The van der Waals surface area contributed by atoms with Crippen molar-refractivity contribution in [3.8, 4) is 11.8 Å². The van der Waals surface area contributed by atoms with Gasteiger partial charge in [-0.05, 0) is 50.5 Å². The van der Waals surface area contributed by atoms with Gasteiger partial charge >= 0.3 is 0 Å². The number of thiazole rings is 1. The maximum Gasteiger partial charge on any atom is 0.266 e. The molecule has 0 aliphatic heterocycles. The Morgan fingerprint density at radius 3 is 2.86 bits per heavy atom. The summed E-state index contributed by atoms with van der Waals surface area (Å²) in [5.74, 6) is 0.333. The second-order valence-corrected chi connectivity index (χ2v) is 6.21. The quantitative estimate of drug-likeness (QED) is 0.941. The van der Waals surface area contributed by atoms with Crippen LogP contribution < -0.4 is 10.1 Å². The van der Waals surface area contributed by atoms with Gasteiger partial charge < -0.3 is 4.74 Å². The highest BCUT2D eigenvalue weighted by Crippen LogP contribution is 2.30. The molecule has 2 aromatic rings. The Labute approximate surface area is 132 Å². The Morgan fingerprint density at radius 1 is 1.41 bits per heavy atom. The first kappa shape index (κ1) is 14.5. The molecule has 3 rings (SSSR count). The van der Waals surface area contributed by atoms with E-state index in [1.807, 2.05) is 6.07 Å². The molecule has 0 spiro atoms. The van der Waals surface area contributed by atoms with Crippen molar-refractivity contribution in [2.75, 3.05) is 5.32 Å². The van der Waals surface area contributed by atoms with Crippen molar-refractivity contribution in [3.05, 3.63) is 40.4 Å². The minimum atomic E-state index is -0.633. The predicted molar refractivity (Wildman–Crippen MR) is 84.0 cm³/mol. The number of ether oxygens (including phenoxy) is 1. The van der Waals surface area contributed by atoms with Gasteiger partial charge in [0, 0.05) is 4.88 Å². The molecule has 1 atom stereocenters. The summed E-state index contributed by atoms with van der Waals surface area (Å²) in [7, 11) is 0. The van der Waals surface area contributed by atoms with Crippen LogP contribution >= 0.6 is 11.3 Å². The van der Waals surface area contributed by atoms with E-state index in [1.54, 1.807) is 42.5 Å². The molecule has 1 N–H and O–H groups in total. The Balaban J connectivity index is 1.60. The van der Waals surface area contributed by atoms with Gasteiger partial charge in [0.15, 0.2) is 11.2 Å². The Morgan fingerprint density at radius 2 is 2.18 bits per heavy atom. The lowest BCUT2D eigenvalue weighted by molar-refractivity contribution is -0.122. The summed E-state index contributed by atoms with van der Waals surface area (Å²) in [4.78, 5) is 17.9. The number of hydrogen-bond donors (Lipinski definition) is 1. The lowest BCUT2D eigenvalue weighted by atomic mass is 10.2. The second kappa shape index (κ2) is 6.16. The average Bonchev–Trinajstić information content (AvgIpc) is 3.09. The highest BCUT2D eigenvalue weighted by Gasteiger charge is 2.20. The van der Waals surface area contributed by atoms with Crippen molar-refractivity contribution >= 4 is 22.4 Å². The standard InChI is InChI=1S/C16H15N3O2S/c1-10(21-12-7-5-11(9-17)6-8-12)15(20)19-16-18-13-3-2-4-14(13)22-16/h5-8,10H,2-4H2,1H3,(H,18,19,20). The van der Waals surface area contributed by atoms with E-state index >= 15 is 0 Å². The monoisotopic (exact) mass is 313 g/mol. The van der Waals surface area contributed by atoms with Crippen molar-refractivity contribution in [1.82, 2.24) is 4.98 Å². The van der Waals surface area contributed by atoms with Crippen LogP contribution in [0, 0.1) is 11.3 Å². The Bertz CT molecular complexity index is 709. The molecular formula is C16H15N3O2S. The van der Waals surface area contributed by atoms with Crippen LogP contribution in [0.1, 0.15) is 29.5 Å². The summed E-state index contributed by atoms with van der Waals surface area (Å²) >= 11 is 1.54. The van der Waals surface area contributed by atoms with E-state index in [2.05, 4.69) is 10.3 Å². The number of nitriles is 1. The van der Waals surface area contributed by atoms with Crippen molar-refractivity contribution in [3.63, 3.8) is 0 Å². The summed E-state index contributed by atoms with van der Waals surface area (Å²) in [6.07, 6.45) is 2.58. The van der Waals surface area contributed by atoms with Crippen LogP contribution in [0.15, 0.2) is 24.3 Å². The van der Waals surface area contributed by atoms with E-state index in [0.29, 0.717) is 16.4 Å². The van der Waals surface area contributed by atoms with Crippen molar-refractivity contribution in [1.29, 1.82) is 5.26 Å².